The van der Waals surface area contributed by atoms with E-state index >= 15 is 0 Å². The first-order valence-electron chi connectivity index (χ1n) is 6.62. The number of carbonyl (C=O) groups is 1. The Bertz CT molecular complexity index is 450. The molecule has 1 aromatic rings. The van der Waals surface area contributed by atoms with Crippen LogP contribution in [0.5, 0.6) is 0 Å². The monoisotopic (exact) mass is 261 g/mol. The van der Waals surface area contributed by atoms with Crippen molar-refractivity contribution < 1.29 is 9.90 Å². The summed E-state index contributed by atoms with van der Waals surface area (Å²) >= 11 is 0. The normalized spacial score (nSPS) is 16.7. The number of carboxylic acids is 1. The van der Waals surface area contributed by atoms with Crippen LogP contribution in [0.2, 0.25) is 0 Å². The van der Waals surface area contributed by atoms with Crippen molar-refractivity contribution in [2.24, 2.45) is 0 Å². The fraction of sp³-hybridized carbons (Fsp3) is 0.500. The van der Waals surface area contributed by atoms with Crippen LogP contribution in [0.3, 0.4) is 0 Å². The zero-order chi connectivity index (χ0) is 13.7. The van der Waals surface area contributed by atoms with Gasteiger partial charge in [-0.2, -0.15) is 0 Å². The van der Waals surface area contributed by atoms with Crippen LogP contribution in [-0.4, -0.2) is 34.1 Å². The molecule has 1 N–H and O–H groups in total. The second-order valence-electron chi connectivity index (χ2n) is 4.89. The van der Waals surface area contributed by atoms with E-state index in [0.717, 1.165) is 6.08 Å². The van der Waals surface area contributed by atoms with Crippen molar-refractivity contribution in [1.29, 1.82) is 0 Å². The molecular formula is C14H19N3O2. The van der Waals surface area contributed by atoms with Crippen LogP contribution in [0, 0.1) is 0 Å². The molecule has 0 aliphatic heterocycles. The molecule has 1 fully saturated rings. The highest BCUT2D eigenvalue weighted by Gasteiger charge is 2.19. The Balaban J connectivity index is 2.02. The molecule has 5 heteroatoms. The first kappa shape index (κ1) is 13.5. The molecule has 0 bridgehead atoms. The minimum Gasteiger partial charge on any atom is -0.478 e. The van der Waals surface area contributed by atoms with Gasteiger partial charge >= 0.3 is 5.97 Å². The molecule has 1 aromatic heterocycles. The topological polar surface area (TPSA) is 66.3 Å². The summed E-state index contributed by atoms with van der Waals surface area (Å²) < 4.78 is 0. The zero-order valence-corrected chi connectivity index (χ0v) is 11.1. The molecule has 0 amide bonds. The maximum absolute atomic E-state index is 10.4. The second-order valence-corrected chi connectivity index (χ2v) is 4.89. The number of anilines is 1. The predicted octanol–water partition coefficient (Wildman–Crippen LogP) is 2.34. The maximum atomic E-state index is 10.4. The lowest BCUT2D eigenvalue weighted by Crippen LogP contribution is -2.34. The summed E-state index contributed by atoms with van der Waals surface area (Å²) in [6.07, 6.45) is 12.1. The second kappa shape index (κ2) is 6.31. The third-order valence-corrected chi connectivity index (χ3v) is 3.51. The van der Waals surface area contributed by atoms with E-state index in [1.807, 2.05) is 7.05 Å². The average Bonchev–Trinajstić information content (AvgIpc) is 2.46. The highest BCUT2D eigenvalue weighted by atomic mass is 16.4. The predicted molar refractivity (Wildman–Crippen MR) is 74.0 cm³/mol. The summed E-state index contributed by atoms with van der Waals surface area (Å²) in [5, 5.41) is 8.55. The third kappa shape index (κ3) is 3.77. The quantitative estimate of drug-likeness (QED) is 0.843. The number of hydrogen-bond donors (Lipinski definition) is 1. The van der Waals surface area contributed by atoms with Crippen LogP contribution >= 0.6 is 0 Å². The van der Waals surface area contributed by atoms with Gasteiger partial charge in [-0.05, 0) is 18.9 Å². The van der Waals surface area contributed by atoms with Crippen LogP contribution in [-0.2, 0) is 4.79 Å². The van der Waals surface area contributed by atoms with Gasteiger partial charge in [0.2, 0.25) is 5.95 Å². The maximum Gasteiger partial charge on any atom is 0.328 e. The summed E-state index contributed by atoms with van der Waals surface area (Å²) in [7, 11) is 2.03. The Morgan fingerprint density at radius 2 is 1.95 bits per heavy atom. The van der Waals surface area contributed by atoms with E-state index in [9.17, 15) is 4.79 Å². The molecule has 0 saturated heterocycles. The number of hydrogen-bond acceptors (Lipinski definition) is 4. The third-order valence-electron chi connectivity index (χ3n) is 3.51. The van der Waals surface area contributed by atoms with Crippen molar-refractivity contribution in [3.8, 4) is 0 Å². The van der Waals surface area contributed by atoms with Gasteiger partial charge < -0.3 is 10.0 Å². The number of aromatic nitrogens is 2. The Hall–Kier alpha value is -1.91. The molecule has 1 aliphatic carbocycles. The van der Waals surface area contributed by atoms with Crippen molar-refractivity contribution in [3.63, 3.8) is 0 Å². The van der Waals surface area contributed by atoms with Crippen LogP contribution in [0.1, 0.15) is 37.7 Å². The minimum atomic E-state index is -0.969. The largest absolute Gasteiger partial charge is 0.478 e. The molecule has 5 nitrogen and oxygen atoms in total. The van der Waals surface area contributed by atoms with E-state index in [2.05, 4.69) is 14.9 Å². The highest BCUT2D eigenvalue weighted by molar-refractivity contribution is 5.85. The summed E-state index contributed by atoms with van der Waals surface area (Å²) in [5.41, 5.74) is 0.697. The molecule has 0 spiro atoms. The number of aliphatic carboxylic acids is 1. The van der Waals surface area contributed by atoms with E-state index in [4.69, 9.17) is 5.11 Å². The van der Waals surface area contributed by atoms with E-state index in [1.165, 1.54) is 38.2 Å². The summed E-state index contributed by atoms with van der Waals surface area (Å²) in [5.74, 6) is -0.261. The van der Waals surface area contributed by atoms with Gasteiger partial charge in [0.25, 0.3) is 0 Å². The lowest BCUT2D eigenvalue weighted by Gasteiger charge is -2.31. The van der Waals surface area contributed by atoms with Gasteiger partial charge in [0, 0.05) is 37.1 Å². The van der Waals surface area contributed by atoms with E-state index in [0.29, 0.717) is 17.6 Å². The first-order chi connectivity index (χ1) is 9.16. The molecule has 2 rings (SSSR count). The summed E-state index contributed by atoms with van der Waals surface area (Å²) in [6.45, 7) is 0. The number of nitrogens with zero attached hydrogens (tertiary/aromatic N) is 3. The number of rotatable bonds is 4. The highest BCUT2D eigenvalue weighted by Crippen LogP contribution is 2.23. The Labute approximate surface area is 113 Å². The van der Waals surface area contributed by atoms with Gasteiger partial charge in [-0.25, -0.2) is 14.8 Å². The molecule has 19 heavy (non-hydrogen) atoms. The van der Waals surface area contributed by atoms with Crippen molar-refractivity contribution >= 4 is 18.0 Å². The van der Waals surface area contributed by atoms with Crippen LogP contribution < -0.4 is 4.90 Å². The number of carboxylic acid groups (broad SMARTS) is 1. The van der Waals surface area contributed by atoms with Crippen molar-refractivity contribution in [1.82, 2.24) is 9.97 Å². The fourth-order valence-electron chi connectivity index (χ4n) is 2.40. The minimum absolute atomic E-state index is 0.522. The lowest BCUT2D eigenvalue weighted by molar-refractivity contribution is -0.131. The Kier molecular flexibility index (Phi) is 4.49. The van der Waals surface area contributed by atoms with Gasteiger partial charge in [0.1, 0.15) is 0 Å². The fourth-order valence-corrected chi connectivity index (χ4v) is 2.40. The summed E-state index contributed by atoms with van der Waals surface area (Å²) in [4.78, 5) is 21.2. The van der Waals surface area contributed by atoms with Crippen molar-refractivity contribution in [2.75, 3.05) is 11.9 Å². The Morgan fingerprint density at radius 3 is 2.53 bits per heavy atom. The molecular weight excluding hydrogens is 242 g/mol. The first-order valence-corrected chi connectivity index (χ1v) is 6.62. The van der Waals surface area contributed by atoms with Crippen LogP contribution in [0.25, 0.3) is 6.08 Å². The molecule has 0 aromatic carbocycles. The van der Waals surface area contributed by atoms with E-state index < -0.39 is 5.97 Å². The van der Waals surface area contributed by atoms with Gasteiger partial charge in [-0.1, -0.05) is 19.3 Å². The van der Waals surface area contributed by atoms with Crippen LogP contribution in [0.4, 0.5) is 5.95 Å². The average molecular weight is 261 g/mol. The molecule has 1 aliphatic rings. The van der Waals surface area contributed by atoms with E-state index in [-0.39, 0.29) is 0 Å². The smallest absolute Gasteiger partial charge is 0.328 e. The van der Waals surface area contributed by atoms with Gasteiger partial charge in [-0.3, -0.25) is 0 Å². The molecule has 102 valence electrons. The van der Waals surface area contributed by atoms with Gasteiger partial charge in [-0.15, -0.1) is 0 Å². The molecule has 1 heterocycles. The van der Waals surface area contributed by atoms with Crippen molar-refractivity contribution in [2.45, 2.75) is 38.1 Å². The molecule has 0 atom stereocenters. The SMILES string of the molecule is CN(c1ncc(/C=C/C(=O)O)cn1)C1CCCCC1. The molecule has 1 saturated carbocycles. The Morgan fingerprint density at radius 1 is 1.32 bits per heavy atom. The lowest BCUT2D eigenvalue weighted by atomic mass is 9.95. The zero-order valence-electron chi connectivity index (χ0n) is 11.1. The molecule has 0 unspecified atom stereocenters. The van der Waals surface area contributed by atoms with E-state index in [1.54, 1.807) is 12.4 Å². The molecule has 0 radical (unpaired) electrons. The standard InChI is InChI=1S/C14H19N3O2/c1-17(12-5-3-2-4-6-12)14-15-9-11(10-16-14)7-8-13(18)19/h7-10,12H,2-6H2,1H3,(H,18,19)/b8-7+. The van der Waals surface area contributed by atoms with Gasteiger partial charge in [0.05, 0.1) is 0 Å². The van der Waals surface area contributed by atoms with Crippen molar-refractivity contribution in [3.05, 3.63) is 24.0 Å². The van der Waals surface area contributed by atoms with Gasteiger partial charge in [0.15, 0.2) is 0 Å². The summed E-state index contributed by atoms with van der Waals surface area (Å²) in [6, 6.07) is 0.522. The van der Waals surface area contributed by atoms with Crippen LogP contribution in [0.15, 0.2) is 18.5 Å².